The Labute approximate surface area is 133 Å². The second-order valence-electron chi connectivity index (χ2n) is 5.71. The number of carbonyl (C=O) groups excluding carboxylic acids is 1. The first-order chi connectivity index (χ1) is 10.3. The van der Waals surface area contributed by atoms with Gasteiger partial charge in [0.2, 0.25) is 0 Å². The lowest BCUT2D eigenvalue weighted by Gasteiger charge is -2.26. The lowest BCUT2D eigenvalue weighted by atomic mass is 10.2. The van der Waals surface area contributed by atoms with Crippen LogP contribution in [0.25, 0.3) is 0 Å². The Hall–Kier alpha value is -2.39. The van der Waals surface area contributed by atoms with Crippen molar-refractivity contribution in [2.24, 2.45) is 0 Å². The summed E-state index contributed by atoms with van der Waals surface area (Å²) in [6.07, 6.45) is -0.529. The minimum absolute atomic E-state index is 0.389. The van der Waals surface area contributed by atoms with Crippen LogP contribution in [-0.4, -0.2) is 16.1 Å². The number of carbonyl (C=O) groups is 1. The first kappa shape index (κ1) is 16.0. The normalized spacial score (nSPS) is 10.9. The molecule has 1 aromatic carbocycles. The van der Waals surface area contributed by atoms with Gasteiger partial charge in [-0.15, -0.1) is 0 Å². The Bertz CT molecular complexity index is 711. The number of aryl methyl sites for hydroxylation is 1. The number of aromatic nitrogens is 1. The van der Waals surface area contributed by atoms with Crippen LogP contribution >= 0.6 is 11.5 Å². The average Bonchev–Trinajstić information content (AvgIpc) is 2.79. The molecule has 1 aromatic heterocycles. The largest absolute Gasteiger partial charge is 0.443 e. The SMILES string of the molecule is Cc1nsc(N(C(=O)OC(C)(C)C)c2ccccc2)c1C#N. The molecule has 5 nitrogen and oxygen atoms in total. The van der Waals surface area contributed by atoms with E-state index in [9.17, 15) is 10.1 Å². The van der Waals surface area contributed by atoms with Crippen molar-refractivity contribution in [3.05, 3.63) is 41.6 Å². The Kier molecular flexibility index (Phi) is 4.48. The summed E-state index contributed by atoms with van der Waals surface area (Å²) in [5.74, 6) is 0. The molecule has 114 valence electrons. The van der Waals surface area contributed by atoms with Gasteiger partial charge in [-0.3, -0.25) is 0 Å². The van der Waals surface area contributed by atoms with Crippen molar-refractivity contribution in [1.29, 1.82) is 5.26 Å². The van der Waals surface area contributed by atoms with Crippen LogP contribution in [0.3, 0.4) is 0 Å². The van der Waals surface area contributed by atoms with Gasteiger partial charge in [0.15, 0.2) is 0 Å². The van der Waals surface area contributed by atoms with Gasteiger partial charge < -0.3 is 4.74 Å². The minimum Gasteiger partial charge on any atom is -0.443 e. The maximum Gasteiger partial charge on any atom is 0.420 e. The van der Waals surface area contributed by atoms with E-state index >= 15 is 0 Å². The third kappa shape index (κ3) is 3.43. The van der Waals surface area contributed by atoms with Crippen molar-refractivity contribution in [2.75, 3.05) is 4.90 Å². The monoisotopic (exact) mass is 315 g/mol. The van der Waals surface area contributed by atoms with Crippen LogP contribution in [0.1, 0.15) is 32.0 Å². The van der Waals surface area contributed by atoms with Crippen LogP contribution in [0, 0.1) is 18.3 Å². The summed E-state index contributed by atoms with van der Waals surface area (Å²) in [5.41, 5.74) is 1.00. The van der Waals surface area contributed by atoms with E-state index in [0.29, 0.717) is 21.9 Å². The molecule has 0 fully saturated rings. The molecule has 0 radical (unpaired) electrons. The molecule has 6 heteroatoms. The van der Waals surface area contributed by atoms with Gasteiger partial charge in [-0.25, -0.2) is 9.69 Å². The van der Waals surface area contributed by atoms with Gasteiger partial charge in [0, 0.05) is 0 Å². The van der Waals surface area contributed by atoms with E-state index in [4.69, 9.17) is 4.74 Å². The number of amides is 1. The number of benzene rings is 1. The Morgan fingerprint density at radius 3 is 2.50 bits per heavy atom. The molecule has 0 saturated carbocycles. The molecule has 0 N–H and O–H groups in total. The van der Waals surface area contributed by atoms with Gasteiger partial charge in [0.1, 0.15) is 22.2 Å². The molecule has 1 heterocycles. The van der Waals surface area contributed by atoms with Crippen molar-refractivity contribution in [3.63, 3.8) is 0 Å². The maximum absolute atomic E-state index is 12.6. The van der Waals surface area contributed by atoms with E-state index in [0.717, 1.165) is 11.5 Å². The highest BCUT2D eigenvalue weighted by atomic mass is 32.1. The van der Waals surface area contributed by atoms with Gasteiger partial charge in [-0.2, -0.15) is 9.64 Å². The van der Waals surface area contributed by atoms with Gasteiger partial charge in [-0.1, -0.05) is 18.2 Å². The highest BCUT2D eigenvalue weighted by molar-refractivity contribution is 7.10. The topological polar surface area (TPSA) is 66.2 Å². The maximum atomic E-state index is 12.6. The number of ether oxygens (including phenoxy) is 1. The number of hydrogen-bond donors (Lipinski definition) is 0. The summed E-state index contributed by atoms with van der Waals surface area (Å²) in [5, 5.41) is 9.81. The van der Waals surface area contributed by atoms with Crippen LogP contribution in [0.15, 0.2) is 30.3 Å². The lowest BCUT2D eigenvalue weighted by molar-refractivity contribution is 0.0600. The minimum atomic E-state index is -0.628. The summed E-state index contributed by atoms with van der Waals surface area (Å²) < 4.78 is 9.66. The van der Waals surface area contributed by atoms with E-state index in [-0.39, 0.29) is 0 Å². The van der Waals surface area contributed by atoms with Crippen LogP contribution in [0.4, 0.5) is 15.5 Å². The Morgan fingerprint density at radius 1 is 1.32 bits per heavy atom. The molecular weight excluding hydrogens is 298 g/mol. The molecule has 22 heavy (non-hydrogen) atoms. The standard InChI is InChI=1S/C16H17N3O2S/c1-11-13(10-17)14(22-18-11)19(12-8-6-5-7-9-12)15(20)21-16(2,3)4/h5-9H,1-4H3. The van der Waals surface area contributed by atoms with Crippen LogP contribution in [-0.2, 0) is 4.74 Å². The number of nitriles is 1. The van der Waals surface area contributed by atoms with E-state index in [1.165, 1.54) is 4.90 Å². The molecule has 0 spiro atoms. The number of para-hydroxylation sites is 1. The molecule has 0 saturated heterocycles. The summed E-state index contributed by atoms with van der Waals surface area (Å²) in [6, 6.07) is 11.2. The smallest absolute Gasteiger partial charge is 0.420 e. The summed E-state index contributed by atoms with van der Waals surface area (Å²) in [7, 11) is 0. The van der Waals surface area contributed by atoms with Gasteiger partial charge in [0.25, 0.3) is 0 Å². The van der Waals surface area contributed by atoms with Gasteiger partial charge in [0.05, 0.1) is 11.4 Å². The highest BCUT2D eigenvalue weighted by Gasteiger charge is 2.29. The lowest BCUT2D eigenvalue weighted by Crippen LogP contribution is -2.33. The van der Waals surface area contributed by atoms with Gasteiger partial charge >= 0.3 is 6.09 Å². The van der Waals surface area contributed by atoms with Crippen molar-refractivity contribution < 1.29 is 9.53 Å². The molecule has 1 amide bonds. The fourth-order valence-corrected chi connectivity index (χ4v) is 2.69. The Balaban J connectivity index is 2.52. The van der Waals surface area contributed by atoms with Crippen LogP contribution in [0.5, 0.6) is 0 Å². The quantitative estimate of drug-likeness (QED) is 0.824. The second kappa shape index (κ2) is 6.16. The van der Waals surface area contributed by atoms with Gasteiger partial charge in [-0.05, 0) is 51.4 Å². The van der Waals surface area contributed by atoms with Crippen molar-refractivity contribution >= 4 is 28.3 Å². The first-order valence-electron chi connectivity index (χ1n) is 6.78. The molecule has 0 bridgehead atoms. The van der Waals surface area contributed by atoms with Crippen molar-refractivity contribution in [1.82, 2.24) is 4.37 Å². The fraction of sp³-hybridized carbons (Fsp3) is 0.312. The summed E-state index contributed by atoms with van der Waals surface area (Å²) in [4.78, 5) is 14.0. The third-order valence-corrected chi connectivity index (χ3v) is 3.67. The fourth-order valence-electron chi connectivity index (χ4n) is 1.83. The van der Waals surface area contributed by atoms with Crippen LogP contribution < -0.4 is 4.90 Å². The van der Waals surface area contributed by atoms with Crippen molar-refractivity contribution in [2.45, 2.75) is 33.3 Å². The summed E-state index contributed by atoms with van der Waals surface area (Å²) >= 11 is 1.11. The number of nitrogens with zero attached hydrogens (tertiary/aromatic N) is 3. The average molecular weight is 315 g/mol. The molecule has 0 atom stereocenters. The molecule has 2 rings (SSSR count). The number of hydrogen-bond acceptors (Lipinski definition) is 5. The first-order valence-corrected chi connectivity index (χ1v) is 7.55. The van der Waals surface area contributed by atoms with Crippen molar-refractivity contribution in [3.8, 4) is 6.07 Å². The van der Waals surface area contributed by atoms with E-state index in [2.05, 4.69) is 10.4 Å². The van der Waals surface area contributed by atoms with E-state index in [1.807, 2.05) is 18.2 Å². The molecule has 0 aliphatic rings. The molecule has 2 aromatic rings. The zero-order valence-corrected chi connectivity index (χ0v) is 13.8. The number of rotatable bonds is 2. The molecule has 0 aliphatic carbocycles. The number of anilines is 2. The summed E-state index contributed by atoms with van der Waals surface area (Å²) in [6.45, 7) is 7.16. The zero-order valence-electron chi connectivity index (χ0n) is 13.0. The molecular formula is C16H17N3O2S. The zero-order chi connectivity index (χ0) is 16.3. The van der Waals surface area contributed by atoms with E-state index in [1.54, 1.807) is 39.8 Å². The Morgan fingerprint density at radius 2 is 1.95 bits per heavy atom. The van der Waals surface area contributed by atoms with Crippen LogP contribution in [0.2, 0.25) is 0 Å². The van der Waals surface area contributed by atoms with E-state index < -0.39 is 11.7 Å². The third-order valence-electron chi connectivity index (χ3n) is 2.75. The molecule has 0 unspecified atom stereocenters. The predicted molar refractivity (Wildman–Crippen MR) is 86.4 cm³/mol. The second-order valence-corrected chi connectivity index (χ2v) is 6.46. The predicted octanol–water partition coefficient (Wildman–Crippen LogP) is 4.40. The highest BCUT2D eigenvalue weighted by Crippen LogP contribution is 2.35. The molecule has 0 aliphatic heterocycles.